The molecule has 0 atom stereocenters. The first-order chi connectivity index (χ1) is 8.19. The van der Waals surface area contributed by atoms with E-state index in [1.165, 1.54) is 0 Å². The van der Waals surface area contributed by atoms with Crippen molar-refractivity contribution in [2.24, 2.45) is 0 Å². The van der Waals surface area contributed by atoms with Gasteiger partial charge in [0, 0.05) is 11.9 Å². The van der Waals surface area contributed by atoms with Gasteiger partial charge in [0.2, 0.25) is 0 Å². The zero-order valence-corrected chi connectivity index (χ0v) is 17.1. The third-order valence-corrected chi connectivity index (χ3v) is 2.59. The Hall–Kier alpha value is 0.850. The van der Waals surface area contributed by atoms with Crippen LogP contribution >= 0.6 is 0 Å². The molecule has 0 saturated carbocycles. The van der Waals surface area contributed by atoms with Crippen LogP contribution in [-0.2, 0) is 19.7 Å². The van der Waals surface area contributed by atoms with Gasteiger partial charge in [0.05, 0.1) is 5.75 Å². The monoisotopic (exact) mass is 328 g/mol. The van der Waals surface area contributed by atoms with Crippen molar-refractivity contribution in [2.75, 3.05) is 5.75 Å². The number of hydrogen-bond acceptors (Lipinski definition) is 6. The van der Waals surface area contributed by atoms with Crippen molar-refractivity contribution in [3.63, 3.8) is 0 Å². The summed E-state index contributed by atoms with van der Waals surface area (Å²) in [5.41, 5.74) is 0. The van der Waals surface area contributed by atoms with E-state index in [1.807, 2.05) is 6.92 Å². The second-order valence-corrected chi connectivity index (χ2v) is 5.16. The Balaban J connectivity index is -0.000000119. The third-order valence-electron chi connectivity index (χ3n) is 1.79. The quantitative estimate of drug-likeness (QED) is 0.266. The Labute approximate surface area is 163 Å². The molecule has 10 heteroatoms. The van der Waals surface area contributed by atoms with Crippen LogP contribution in [0.3, 0.4) is 0 Å². The first-order valence-electron chi connectivity index (χ1n) is 5.54. The molecular weight excluding hydrogens is 310 g/mol. The van der Waals surface area contributed by atoms with Crippen LogP contribution in [0, 0.1) is 0 Å². The summed E-state index contributed by atoms with van der Waals surface area (Å²) in [5, 5.41) is 19.0. The first kappa shape index (κ1) is 28.9. The molecule has 0 saturated heterocycles. The molecule has 0 bridgehead atoms. The van der Waals surface area contributed by atoms with Crippen molar-refractivity contribution in [2.45, 2.75) is 45.4 Å². The van der Waals surface area contributed by atoms with Gasteiger partial charge in [-0.3, -0.25) is 4.55 Å². The van der Waals surface area contributed by atoms with Gasteiger partial charge in [-0.05, 0) is 19.3 Å². The molecule has 0 unspecified atom stereocenters. The summed E-state index contributed by atoms with van der Waals surface area (Å²) >= 11 is 0. The molecule has 0 aromatic carbocycles. The second kappa shape index (κ2) is 17.9. The van der Waals surface area contributed by atoms with Crippen LogP contribution in [0.5, 0.6) is 0 Å². The van der Waals surface area contributed by atoms with Gasteiger partial charge in [-0.25, -0.2) is 0 Å². The fourth-order valence-corrected chi connectivity index (χ4v) is 1.48. The maximum absolute atomic E-state index is 10.1. The summed E-state index contributed by atoms with van der Waals surface area (Å²) in [6, 6.07) is 0. The Morgan fingerprint density at radius 3 is 1.60 bits per heavy atom. The number of aliphatic carboxylic acids is 2. The van der Waals surface area contributed by atoms with Crippen LogP contribution in [0.4, 0.5) is 0 Å². The minimum absolute atomic E-state index is 0. The van der Waals surface area contributed by atoms with Gasteiger partial charge in [-0.15, -0.1) is 0 Å². The molecule has 0 aromatic rings. The van der Waals surface area contributed by atoms with Gasteiger partial charge in [0.25, 0.3) is 10.1 Å². The molecule has 0 rings (SSSR count). The van der Waals surface area contributed by atoms with Gasteiger partial charge >= 0.3 is 59.1 Å². The largest absolute Gasteiger partial charge is 1.00 e. The van der Waals surface area contributed by atoms with E-state index in [2.05, 4.69) is 0 Å². The normalized spacial score (nSPS) is 9.30. The molecule has 0 fully saturated rings. The van der Waals surface area contributed by atoms with Gasteiger partial charge in [0.15, 0.2) is 0 Å². The summed E-state index contributed by atoms with van der Waals surface area (Å²) in [4.78, 5) is 19.0. The van der Waals surface area contributed by atoms with E-state index in [1.54, 1.807) is 0 Å². The van der Waals surface area contributed by atoms with Crippen molar-refractivity contribution >= 4 is 22.1 Å². The van der Waals surface area contributed by atoms with Crippen LogP contribution in [0.1, 0.15) is 45.4 Å². The van der Waals surface area contributed by atoms with Gasteiger partial charge in [-0.1, -0.05) is 26.2 Å². The number of carbonyl (C=O) groups is 2. The number of hydrogen-bond donors (Lipinski definition) is 1. The molecule has 0 radical (unpaired) electrons. The fraction of sp³-hybridized carbons (Fsp3) is 0.800. The van der Waals surface area contributed by atoms with E-state index in [0.717, 1.165) is 19.3 Å². The van der Waals surface area contributed by atoms with Crippen LogP contribution in [0.25, 0.3) is 0 Å². The van der Waals surface area contributed by atoms with E-state index in [-0.39, 0.29) is 64.9 Å². The van der Waals surface area contributed by atoms with E-state index in [4.69, 9.17) is 4.55 Å². The SMILES string of the molecule is CCCCCCS(=O)(=O)O.O=C([O-])CCC(=O)[O-].[Na+].[Na+]. The van der Waals surface area contributed by atoms with Gasteiger partial charge in [0.1, 0.15) is 0 Å². The average Bonchev–Trinajstić information content (AvgIpc) is 2.21. The molecule has 0 aliphatic heterocycles. The number of unbranched alkanes of at least 4 members (excludes halogenated alkanes) is 3. The van der Waals surface area contributed by atoms with Crippen LogP contribution in [-0.4, -0.2) is 30.7 Å². The maximum Gasteiger partial charge on any atom is 1.00 e. The number of carboxylic acid groups (broad SMARTS) is 2. The minimum Gasteiger partial charge on any atom is -0.550 e. The van der Waals surface area contributed by atoms with Crippen molar-refractivity contribution in [1.29, 1.82) is 0 Å². The molecule has 0 aliphatic rings. The van der Waals surface area contributed by atoms with E-state index in [0.29, 0.717) is 6.42 Å². The minimum atomic E-state index is -3.70. The molecule has 1 N–H and O–H groups in total. The summed E-state index contributed by atoms with van der Waals surface area (Å²) in [5.74, 6) is -2.82. The summed E-state index contributed by atoms with van der Waals surface area (Å²) in [6.45, 7) is 2.05. The van der Waals surface area contributed by atoms with Crippen LogP contribution in [0.2, 0.25) is 0 Å². The van der Waals surface area contributed by atoms with E-state index >= 15 is 0 Å². The topological polar surface area (TPSA) is 135 Å². The Morgan fingerprint density at radius 1 is 0.950 bits per heavy atom. The molecule has 0 amide bonds. The Bertz CT molecular complexity index is 330. The zero-order valence-electron chi connectivity index (χ0n) is 12.3. The van der Waals surface area contributed by atoms with E-state index < -0.39 is 34.9 Å². The summed E-state index contributed by atoms with van der Waals surface area (Å²) in [7, 11) is -3.70. The third kappa shape index (κ3) is 36.4. The van der Waals surface area contributed by atoms with Crippen molar-refractivity contribution < 1.29 is 91.9 Å². The molecule has 0 aliphatic carbocycles. The first-order valence-corrected chi connectivity index (χ1v) is 7.14. The second-order valence-electron chi connectivity index (χ2n) is 3.59. The van der Waals surface area contributed by atoms with Crippen molar-refractivity contribution in [1.82, 2.24) is 0 Å². The smallest absolute Gasteiger partial charge is 0.550 e. The summed E-state index contributed by atoms with van der Waals surface area (Å²) < 4.78 is 28.6. The molecule has 20 heavy (non-hydrogen) atoms. The predicted molar refractivity (Wildman–Crippen MR) is 59.8 cm³/mol. The van der Waals surface area contributed by atoms with E-state index in [9.17, 15) is 28.2 Å². The molecular formula is C10H18Na2O7S. The number of carbonyl (C=O) groups excluding carboxylic acids is 2. The molecule has 0 spiro atoms. The maximum atomic E-state index is 10.1. The Morgan fingerprint density at radius 2 is 1.35 bits per heavy atom. The van der Waals surface area contributed by atoms with Crippen molar-refractivity contribution in [3.8, 4) is 0 Å². The molecule has 108 valence electrons. The average molecular weight is 328 g/mol. The number of rotatable bonds is 8. The summed E-state index contributed by atoms with van der Waals surface area (Å²) in [6.07, 6.45) is 2.63. The Kier molecular flexibility index (Phi) is 25.9. The van der Waals surface area contributed by atoms with Crippen molar-refractivity contribution in [3.05, 3.63) is 0 Å². The zero-order chi connectivity index (χ0) is 14.6. The van der Waals surface area contributed by atoms with Crippen LogP contribution < -0.4 is 69.3 Å². The van der Waals surface area contributed by atoms with Crippen LogP contribution in [0.15, 0.2) is 0 Å². The molecule has 7 nitrogen and oxygen atoms in total. The predicted octanol–water partition coefficient (Wildman–Crippen LogP) is -7.27. The van der Waals surface area contributed by atoms with Gasteiger partial charge < -0.3 is 19.8 Å². The molecule has 0 aromatic heterocycles. The fourth-order valence-electron chi connectivity index (χ4n) is 0.915. The standard InChI is InChI=1S/C6H14O3S.C4H6O4.2Na/c1-2-3-4-5-6-10(7,8)9;5-3(6)1-2-4(7)8;;/h2-6H2,1H3,(H,7,8,9);1-2H2,(H,5,6)(H,7,8);;/q;;2*+1/p-2. The number of carboxylic acids is 2. The molecule has 0 heterocycles. The van der Waals surface area contributed by atoms with Gasteiger partial charge in [-0.2, -0.15) is 8.42 Å².